The lowest BCUT2D eigenvalue weighted by Crippen LogP contribution is -2.27. The van der Waals surface area contributed by atoms with Crippen LogP contribution in [0.4, 0.5) is 0 Å². The van der Waals surface area contributed by atoms with Gasteiger partial charge in [0.2, 0.25) is 0 Å². The van der Waals surface area contributed by atoms with Gasteiger partial charge in [-0.05, 0) is 23.8 Å². The molecule has 29 heavy (non-hydrogen) atoms. The number of H-pyrrole nitrogens is 1. The third kappa shape index (κ3) is 2.62. The smallest absolute Gasteiger partial charge is 0.137 e. The van der Waals surface area contributed by atoms with Crippen molar-refractivity contribution in [3.8, 4) is 21.8 Å². The van der Waals surface area contributed by atoms with E-state index in [1.54, 1.807) is 23.7 Å². The zero-order chi connectivity index (χ0) is 19.4. The van der Waals surface area contributed by atoms with Crippen LogP contribution in [-0.4, -0.2) is 29.6 Å². The molecule has 5 aromatic rings. The van der Waals surface area contributed by atoms with Gasteiger partial charge in [0.1, 0.15) is 22.1 Å². The molecule has 4 aromatic heterocycles. The van der Waals surface area contributed by atoms with E-state index in [0.717, 1.165) is 44.2 Å². The predicted molar refractivity (Wildman–Crippen MR) is 112 cm³/mol. The zero-order valence-electron chi connectivity index (χ0n) is 15.4. The number of hydrogen-bond donors (Lipinski definition) is 2. The average Bonchev–Trinajstić information content (AvgIpc) is 3.50. The van der Waals surface area contributed by atoms with Gasteiger partial charge in [-0.1, -0.05) is 18.2 Å². The molecule has 0 saturated carbocycles. The summed E-state index contributed by atoms with van der Waals surface area (Å²) in [5.74, 6) is 0.919. The molecule has 5 heterocycles. The minimum atomic E-state index is -0.928. The SMILES string of the molecule is O[C@]1(c2cccc(-c3nc(-c4c[nH]c5ncccc45)cs3)c2)Cc2nccn2C1. The molecule has 1 aliphatic heterocycles. The number of hydrogen-bond acceptors (Lipinski definition) is 5. The van der Waals surface area contributed by atoms with E-state index in [1.807, 2.05) is 53.4 Å². The molecule has 1 atom stereocenters. The Kier molecular flexibility index (Phi) is 3.50. The van der Waals surface area contributed by atoms with Crippen LogP contribution >= 0.6 is 11.3 Å². The average molecular weight is 399 g/mol. The Morgan fingerprint density at radius 3 is 3.03 bits per heavy atom. The van der Waals surface area contributed by atoms with Gasteiger partial charge in [-0.15, -0.1) is 11.3 Å². The van der Waals surface area contributed by atoms with Gasteiger partial charge in [-0.25, -0.2) is 15.0 Å². The Balaban J connectivity index is 1.36. The molecule has 0 amide bonds. The molecule has 6 nitrogen and oxygen atoms in total. The van der Waals surface area contributed by atoms with Gasteiger partial charge in [-0.2, -0.15) is 0 Å². The van der Waals surface area contributed by atoms with E-state index < -0.39 is 5.60 Å². The minimum absolute atomic E-state index is 0.523. The van der Waals surface area contributed by atoms with Crippen LogP contribution in [0.3, 0.4) is 0 Å². The maximum absolute atomic E-state index is 11.2. The maximum atomic E-state index is 11.2. The summed E-state index contributed by atoms with van der Waals surface area (Å²) in [5, 5.41) is 15.3. The monoisotopic (exact) mass is 399 g/mol. The number of aromatic amines is 1. The van der Waals surface area contributed by atoms with Gasteiger partial charge in [0.25, 0.3) is 0 Å². The lowest BCUT2D eigenvalue weighted by Gasteiger charge is -2.22. The summed E-state index contributed by atoms with van der Waals surface area (Å²) in [5.41, 5.74) is 3.81. The number of aromatic nitrogens is 5. The first-order valence-corrected chi connectivity index (χ1v) is 10.3. The molecule has 0 spiro atoms. The Labute approximate surface area is 170 Å². The van der Waals surface area contributed by atoms with Crippen molar-refractivity contribution in [3.05, 3.63) is 78.0 Å². The molecule has 0 bridgehead atoms. The fourth-order valence-corrected chi connectivity index (χ4v) is 4.90. The second kappa shape index (κ2) is 6.10. The Morgan fingerprint density at radius 2 is 2.10 bits per heavy atom. The summed E-state index contributed by atoms with van der Waals surface area (Å²) in [6, 6.07) is 12.0. The second-order valence-electron chi connectivity index (χ2n) is 7.40. The van der Waals surface area contributed by atoms with E-state index in [1.165, 1.54) is 0 Å². The van der Waals surface area contributed by atoms with Crippen molar-refractivity contribution in [1.82, 2.24) is 24.5 Å². The van der Waals surface area contributed by atoms with E-state index in [2.05, 4.69) is 20.3 Å². The number of imidazole rings is 1. The fraction of sp³-hybridized carbons (Fsp3) is 0.136. The number of fused-ring (bicyclic) bond motifs is 2. The zero-order valence-corrected chi connectivity index (χ0v) is 16.2. The molecule has 1 aliphatic rings. The summed E-state index contributed by atoms with van der Waals surface area (Å²) in [6.45, 7) is 0.525. The van der Waals surface area contributed by atoms with Crippen LogP contribution in [0.2, 0.25) is 0 Å². The van der Waals surface area contributed by atoms with Crippen molar-refractivity contribution in [2.24, 2.45) is 0 Å². The van der Waals surface area contributed by atoms with Crippen molar-refractivity contribution in [3.63, 3.8) is 0 Å². The van der Waals surface area contributed by atoms with Gasteiger partial charge in [0.15, 0.2) is 0 Å². The number of nitrogens with zero attached hydrogens (tertiary/aromatic N) is 4. The highest BCUT2D eigenvalue weighted by molar-refractivity contribution is 7.13. The van der Waals surface area contributed by atoms with Crippen LogP contribution in [0, 0.1) is 0 Å². The van der Waals surface area contributed by atoms with Crippen LogP contribution in [-0.2, 0) is 18.6 Å². The molecule has 7 heteroatoms. The van der Waals surface area contributed by atoms with Gasteiger partial charge in [0.05, 0.1) is 12.2 Å². The molecule has 1 aromatic carbocycles. The molecule has 142 valence electrons. The number of pyridine rings is 1. The third-order valence-corrected chi connectivity index (χ3v) is 6.45. The first-order chi connectivity index (χ1) is 14.2. The van der Waals surface area contributed by atoms with Crippen LogP contribution < -0.4 is 0 Å². The molecule has 2 N–H and O–H groups in total. The van der Waals surface area contributed by atoms with Gasteiger partial charge >= 0.3 is 0 Å². The minimum Gasteiger partial charge on any atom is -0.383 e. The standard InChI is InChI=1S/C22H17N5OS/c28-22(10-19-23-7-8-27(19)13-22)15-4-1-3-14(9-15)21-26-18(12-29-21)17-11-25-20-16(17)5-2-6-24-20/h1-9,11-12,28H,10,13H2,(H,24,25)/t22-/m1/s1. The highest BCUT2D eigenvalue weighted by atomic mass is 32.1. The number of thiazole rings is 1. The Hall–Kier alpha value is -3.29. The van der Waals surface area contributed by atoms with Crippen molar-refractivity contribution in [2.45, 2.75) is 18.6 Å². The number of nitrogens with one attached hydrogen (secondary N) is 1. The summed E-state index contributed by atoms with van der Waals surface area (Å²) in [7, 11) is 0. The van der Waals surface area contributed by atoms with Gasteiger partial charge in [-0.3, -0.25) is 0 Å². The topological polar surface area (TPSA) is 79.6 Å². The largest absolute Gasteiger partial charge is 0.383 e. The van der Waals surface area contributed by atoms with Crippen LogP contribution in [0.15, 0.2) is 66.6 Å². The molecule has 0 saturated heterocycles. The van der Waals surface area contributed by atoms with Crippen molar-refractivity contribution < 1.29 is 5.11 Å². The molecule has 0 fully saturated rings. The van der Waals surface area contributed by atoms with E-state index >= 15 is 0 Å². The normalized spacial score (nSPS) is 18.4. The van der Waals surface area contributed by atoms with E-state index in [-0.39, 0.29) is 0 Å². The summed E-state index contributed by atoms with van der Waals surface area (Å²) >= 11 is 1.60. The van der Waals surface area contributed by atoms with Crippen LogP contribution in [0.25, 0.3) is 32.9 Å². The molecule has 0 unspecified atom stereocenters. The van der Waals surface area contributed by atoms with Crippen LogP contribution in [0.5, 0.6) is 0 Å². The first-order valence-electron chi connectivity index (χ1n) is 9.41. The van der Waals surface area contributed by atoms with E-state index in [9.17, 15) is 5.11 Å². The fourth-order valence-electron chi connectivity index (χ4n) is 4.08. The van der Waals surface area contributed by atoms with E-state index in [0.29, 0.717) is 13.0 Å². The Morgan fingerprint density at radius 1 is 1.14 bits per heavy atom. The van der Waals surface area contributed by atoms with Gasteiger partial charge in [0, 0.05) is 53.1 Å². The van der Waals surface area contributed by atoms with Crippen molar-refractivity contribution in [2.75, 3.05) is 0 Å². The van der Waals surface area contributed by atoms with Crippen molar-refractivity contribution >= 4 is 22.4 Å². The predicted octanol–water partition coefficient (Wildman–Crippen LogP) is 3.99. The molecular weight excluding hydrogens is 382 g/mol. The summed E-state index contributed by atoms with van der Waals surface area (Å²) in [6.07, 6.45) is 7.95. The quantitative estimate of drug-likeness (QED) is 0.481. The lowest BCUT2D eigenvalue weighted by atomic mass is 9.91. The molecule has 6 rings (SSSR count). The molecule has 0 radical (unpaired) electrons. The van der Waals surface area contributed by atoms with Crippen molar-refractivity contribution in [1.29, 1.82) is 0 Å². The number of aliphatic hydroxyl groups is 1. The highest BCUT2D eigenvalue weighted by Crippen LogP contribution is 2.37. The highest BCUT2D eigenvalue weighted by Gasteiger charge is 2.37. The summed E-state index contributed by atoms with van der Waals surface area (Å²) in [4.78, 5) is 16.8. The van der Waals surface area contributed by atoms with Gasteiger partial charge < -0.3 is 14.7 Å². The third-order valence-electron chi connectivity index (χ3n) is 5.56. The molecule has 0 aliphatic carbocycles. The number of rotatable bonds is 3. The maximum Gasteiger partial charge on any atom is 0.137 e. The van der Waals surface area contributed by atoms with E-state index in [4.69, 9.17) is 4.98 Å². The first kappa shape index (κ1) is 16.6. The summed E-state index contributed by atoms with van der Waals surface area (Å²) < 4.78 is 2.01. The number of benzene rings is 1. The molecular formula is C22H17N5OS. The lowest BCUT2D eigenvalue weighted by molar-refractivity contribution is 0.0376. The second-order valence-corrected chi connectivity index (χ2v) is 8.26. The Bertz CT molecular complexity index is 1330. The van der Waals surface area contributed by atoms with Crippen LogP contribution in [0.1, 0.15) is 11.4 Å².